The molecule has 0 heterocycles. The number of benzene rings is 2. The Balaban J connectivity index is 2.05. The predicted octanol–water partition coefficient (Wildman–Crippen LogP) is 4.56. The van der Waals surface area contributed by atoms with Gasteiger partial charge in [-0.3, -0.25) is 0 Å². The topological polar surface area (TPSA) is 50.4 Å². The van der Waals surface area contributed by atoms with Crippen molar-refractivity contribution in [2.24, 2.45) is 0 Å². The van der Waals surface area contributed by atoms with E-state index in [9.17, 15) is 4.79 Å². The molecule has 0 unspecified atom stereocenters. The largest absolute Gasteiger partial charge is 0.495 e. The fraction of sp³-hybridized carbons (Fsp3) is 0.188. The summed E-state index contributed by atoms with van der Waals surface area (Å²) in [7, 11) is 1.54. The maximum Gasteiger partial charge on any atom is 0.323 e. The fourth-order valence-corrected chi connectivity index (χ4v) is 2.06. The zero-order valence-corrected chi connectivity index (χ0v) is 12.7. The van der Waals surface area contributed by atoms with Gasteiger partial charge in [-0.05, 0) is 42.3 Å². The molecule has 0 aliphatic carbocycles. The molecule has 2 N–H and O–H groups in total. The lowest BCUT2D eigenvalue weighted by molar-refractivity contribution is 0.262. The van der Waals surface area contributed by atoms with Gasteiger partial charge in [0, 0.05) is 10.7 Å². The van der Waals surface area contributed by atoms with Crippen LogP contribution in [0.2, 0.25) is 5.02 Å². The summed E-state index contributed by atoms with van der Waals surface area (Å²) < 4.78 is 5.18. The molecule has 0 aliphatic heterocycles. The first-order valence-corrected chi connectivity index (χ1v) is 7.00. The Morgan fingerprint density at radius 1 is 1.14 bits per heavy atom. The molecule has 0 saturated heterocycles. The van der Waals surface area contributed by atoms with E-state index < -0.39 is 0 Å². The average molecular weight is 305 g/mol. The number of rotatable bonds is 4. The van der Waals surface area contributed by atoms with Gasteiger partial charge in [0.1, 0.15) is 5.75 Å². The van der Waals surface area contributed by atoms with Gasteiger partial charge in [0.05, 0.1) is 12.8 Å². The van der Waals surface area contributed by atoms with Crippen LogP contribution in [0.25, 0.3) is 0 Å². The van der Waals surface area contributed by atoms with E-state index in [0.29, 0.717) is 16.5 Å². The van der Waals surface area contributed by atoms with Crippen molar-refractivity contribution in [3.8, 4) is 5.75 Å². The summed E-state index contributed by atoms with van der Waals surface area (Å²) in [6.45, 7) is 2.08. The van der Waals surface area contributed by atoms with Gasteiger partial charge in [0.15, 0.2) is 0 Å². The summed E-state index contributed by atoms with van der Waals surface area (Å²) >= 11 is 5.92. The smallest absolute Gasteiger partial charge is 0.323 e. The monoisotopic (exact) mass is 304 g/mol. The van der Waals surface area contributed by atoms with Crippen molar-refractivity contribution in [1.29, 1.82) is 0 Å². The van der Waals surface area contributed by atoms with Gasteiger partial charge < -0.3 is 15.4 Å². The van der Waals surface area contributed by atoms with Crippen LogP contribution in [0, 0.1) is 0 Å². The van der Waals surface area contributed by atoms with Crippen molar-refractivity contribution < 1.29 is 9.53 Å². The third kappa shape index (κ3) is 4.13. The first-order chi connectivity index (χ1) is 10.1. The molecule has 0 aliphatic rings. The number of urea groups is 1. The maximum absolute atomic E-state index is 12.0. The van der Waals surface area contributed by atoms with Crippen molar-refractivity contribution in [3.05, 3.63) is 53.1 Å². The van der Waals surface area contributed by atoms with Crippen LogP contribution in [0.4, 0.5) is 16.2 Å². The molecular weight excluding hydrogens is 288 g/mol. The van der Waals surface area contributed by atoms with Crippen molar-refractivity contribution >= 4 is 29.0 Å². The van der Waals surface area contributed by atoms with Crippen LogP contribution in [0.3, 0.4) is 0 Å². The Hall–Kier alpha value is -2.20. The van der Waals surface area contributed by atoms with Crippen LogP contribution in [-0.2, 0) is 6.42 Å². The van der Waals surface area contributed by atoms with E-state index in [4.69, 9.17) is 16.3 Å². The Morgan fingerprint density at radius 3 is 2.48 bits per heavy atom. The predicted molar refractivity (Wildman–Crippen MR) is 86.5 cm³/mol. The molecule has 2 aromatic rings. The highest BCUT2D eigenvalue weighted by molar-refractivity contribution is 6.31. The number of hydrogen-bond acceptors (Lipinski definition) is 2. The summed E-state index contributed by atoms with van der Waals surface area (Å²) in [6.07, 6.45) is 0.964. The SMILES string of the molecule is CCc1ccc(NC(=O)Nc2cc(Cl)ccc2OC)cc1. The number of methoxy groups -OCH3 is 1. The Kier molecular flexibility index (Phi) is 5.06. The summed E-state index contributed by atoms with van der Waals surface area (Å²) in [5, 5.41) is 6.01. The van der Waals surface area contributed by atoms with E-state index in [1.165, 1.54) is 12.7 Å². The third-order valence-corrected chi connectivity index (χ3v) is 3.26. The van der Waals surface area contributed by atoms with Crippen LogP contribution in [0.5, 0.6) is 5.75 Å². The number of halogens is 1. The maximum atomic E-state index is 12.0. The molecule has 2 amide bonds. The fourth-order valence-electron chi connectivity index (χ4n) is 1.89. The lowest BCUT2D eigenvalue weighted by Gasteiger charge is -2.11. The van der Waals surface area contributed by atoms with Crippen LogP contribution in [0.1, 0.15) is 12.5 Å². The molecule has 0 fully saturated rings. The molecular formula is C16H17ClN2O2. The van der Waals surface area contributed by atoms with E-state index in [1.807, 2.05) is 24.3 Å². The number of amides is 2. The second kappa shape index (κ2) is 6.99. The lowest BCUT2D eigenvalue weighted by Crippen LogP contribution is -2.19. The molecule has 2 rings (SSSR count). The Labute approximate surface area is 129 Å². The summed E-state index contributed by atoms with van der Waals surface area (Å²) in [4.78, 5) is 12.0. The molecule has 0 radical (unpaired) electrons. The lowest BCUT2D eigenvalue weighted by atomic mass is 10.1. The summed E-state index contributed by atoms with van der Waals surface area (Å²) in [5.41, 5.74) is 2.47. The van der Waals surface area contributed by atoms with Crippen LogP contribution < -0.4 is 15.4 Å². The molecule has 0 saturated carbocycles. The zero-order valence-electron chi connectivity index (χ0n) is 11.9. The van der Waals surface area contributed by atoms with Crippen molar-refractivity contribution in [3.63, 3.8) is 0 Å². The van der Waals surface area contributed by atoms with Gasteiger partial charge in [-0.25, -0.2) is 4.79 Å². The molecule has 0 bridgehead atoms. The molecule has 2 aromatic carbocycles. The second-order valence-electron chi connectivity index (χ2n) is 4.47. The highest BCUT2D eigenvalue weighted by Gasteiger charge is 2.08. The first-order valence-electron chi connectivity index (χ1n) is 6.63. The molecule has 110 valence electrons. The van der Waals surface area contributed by atoms with Gasteiger partial charge in [0.2, 0.25) is 0 Å². The molecule has 4 nitrogen and oxygen atoms in total. The first kappa shape index (κ1) is 15.2. The van der Waals surface area contributed by atoms with Crippen LogP contribution in [-0.4, -0.2) is 13.1 Å². The Morgan fingerprint density at radius 2 is 1.86 bits per heavy atom. The van der Waals surface area contributed by atoms with Gasteiger partial charge in [-0.2, -0.15) is 0 Å². The number of hydrogen-bond donors (Lipinski definition) is 2. The highest BCUT2D eigenvalue weighted by atomic mass is 35.5. The van der Waals surface area contributed by atoms with E-state index in [-0.39, 0.29) is 6.03 Å². The zero-order chi connectivity index (χ0) is 15.2. The minimum atomic E-state index is -0.347. The molecule has 0 aromatic heterocycles. The number of nitrogens with one attached hydrogen (secondary N) is 2. The Bertz CT molecular complexity index is 627. The molecule has 0 atom stereocenters. The number of carbonyl (C=O) groups is 1. The standard InChI is InChI=1S/C16H17ClN2O2/c1-3-11-4-7-13(8-5-11)18-16(20)19-14-10-12(17)6-9-15(14)21-2/h4-10H,3H2,1-2H3,(H2,18,19,20). The van der Waals surface area contributed by atoms with Crippen molar-refractivity contribution in [2.45, 2.75) is 13.3 Å². The van der Waals surface area contributed by atoms with Gasteiger partial charge in [0.25, 0.3) is 0 Å². The minimum Gasteiger partial charge on any atom is -0.495 e. The van der Waals surface area contributed by atoms with Gasteiger partial charge in [-0.1, -0.05) is 30.7 Å². The number of carbonyl (C=O) groups excluding carboxylic acids is 1. The van der Waals surface area contributed by atoms with E-state index in [2.05, 4.69) is 17.6 Å². The molecule has 0 spiro atoms. The van der Waals surface area contributed by atoms with Crippen LogP contribution in [0.15, 0.2) is 42.5 Å². The number of anilines is 2. The van der Waals surface area contributed by atoms with E-state index >= 15 is 0 Å². The van der Waals surface area contributed by atoms with Crippen molar-refractivity contribution in [2.75, 3.05) is 17.7 Å². The minimum absolute atomic E-state index is 0.347. The number of ether oxygens (including phenoxy) is 1. The average Bonchev–Trinajstić information content (AvgIpc) is 2.48. The summed E-state index contributed by atoms with van der Waals surface area (Å²) in [6, 6.07) is 12.4. The van der Waals surface area contributed by atoms with Gasteiger partial charge >= 0.3 is 6.03 Å². The third-order valence-electron chi connectivity index (χ3n) is 3.03. The number of aryl methyl sites for hydroxylation is 1. The second-order valence-corrected chi connectivity index (χ2v) is 4.91. The highest BCUT2D eigenvalue weighted by Crippen LogP contribution is 2.27. The van der Waals surface area contributed by atoms with Crippen LogP contribution >= 0.6 is 11.6 Å². The summed E-state index contributed by atoms with van der Waals surface area (Å²) in [5.74, 6) is 0.552. The van der Waals surface area contributed by atoms with Gasteiger partial charge in [-0.15, -0.1) is 0 Å². The van der Waals surface area contributed by atoms with Crippen molar-refractivity contribution in [1.82, 2.24) is 0 Å². The van der Waals surface area contributed by atoms with E-state index in [0.717, 1.165) is 12.1 Å². The van der Waals surface area contributed by atoms with E-state index in [1.54, 1.807) is 18.2 Å². The quantitative estimate of drug-likeness (QED) is 0.870. The molecule has 5 heteroatoms. The molecule has 21 heavy (non-hydrogen) atoms. The normalized spacial score (nSPS) is 10.0.